The van der Waals surface area contributed by atoms with Crippen LogP contribution in [0.1, 0.15) is 11.1 Å². The van der Waals surface area contributed by atoms with Crippen LogP contribution in [-0.2, 0) is 10.0 Å². The van der Waals surface area contributed by atoms with Crippen LogP contribution in [0.2, 0.25) is 5.02 Å². The Morgan fingerprint density at radius 1 is 1.25 bits per heavy atom. The molecule has 7 heteroatoms. The van der Waals surface area contributed by atoms with E-state index in [-0.39, 0.29) is 10.6 Å². The molecular weight excluding hydrogens is 298 g/mol. The molecule has 0 aliphatic rings. The predicted molar refractivity (Wildman–Crippen MR) is 80.4 cm³/mol. The van der Waals surface area contributed by atoms with Gasteiger partial charge in [0.25, 0.3) is 10.0 Å². The van der Waals surface area contributed by atoms with Crippen molar-refractivity contribution in [2.45, 2.75) is 18.7 Å². The summed E-state index contributed by atoms with van der Waals surface area (Å²) >= 11 is 5.87. The molecule has 1 heterocycles. The summed E-state index contributed by atoms with van der Waals surface area (Å²) in [6, 6.07) is 6.38. The number of halogens is 1. The number of nitrogens with two attached hydrogens (primary N) is 1. The summed E-state index contributed by atoms with van der Waals surface area (Å²) in [4.78, 5) is 4.10. The van der Waals surface area contributed by atoms with Crippen molar-refractivity contribution in [2.24, 2.45) is 0 Å². The van der Waals surface area contributed by atoms with Crippen molar-refractivity contribution >= 4 is 33.1 Å². The Kier molecular flexibility index (Phi) is 3.87. The van der Waals surface area contributed by atoms with Gasteiger partial charge < -0.3 is 5.73 Å². The number of rotatable bonds is 3. The maximum atomic E-state index is 12.4. The van der Waals surface area contributed by atoms with Gasteiger partial charge >= 0.3 is 0 Å². The second-order valence-corrected chi connectivity index (χ2v) is 6.47. The van der Waals surface area contributed by atoms with Gasteiger partial charge in [-0.15, -0.1) is 0 Å². The Bertz CT molecular complexity index is 760. The van der Waals surface area contributed by atoms with Gasteiger partial charge in [-0.3, -0.25) is 4.72 Å². The molecule has 0 radical (unpaired) electrons. The molecule has 1 aromatic carbocycles. The number of nitrogens with one attached hydrogen (secondary N) is 1. The van der Waals surface area contributed by atoms with E-state index in [0.717, 1.165) is 5.56 Å². The minimum absolute atomic E-state index is 0.0875. The van der Waals surface area contributed by atoms with E-state index < -0.39 is 10.0 Å². The predicted octanol–water partition coefficient (Wildman–Crippen LogP) is 2.73. The first-order valence-corrected chi connectivity index (χ1v) is 7.67. The number of sulfonamides is 1. The molecule has 0 unspecified atom stereocenters. The molecule has 0 aliphatic heterocycles. The highest BCUT2D eigenvalue weighted by Crippen LogP contribution is 2.27. The molecule has 2 aromatic rings. The molecule has 3 N–H and O–H groups in total. The summed E-state index contributed by atoms with van der Waals surface area (Å²) in [5.41, 5.74) is 7.14. The van der Waals surface area contributed by atoms with Gasteiger partial charge in [-0.25, -0.2) is 13.4 Å². The zero-order valence-electron chi connectivity index (χ0n) is 11.0. The second kappa shape index (κ2) is 5.30. The topological polar surface area (TPSA) is 85.1 Å². The fourth-order valence-electron chi connectivity index (χ4n) is 1.73. The van der Waals surface area contributed by atoms with Crippen molar-refractivity contribution in [1.29, 1.82) is 0 Å². The average Bonchev–Trinajstić information content (AvgIpc) is 2.36. The molecular formula is C13H14ClN3O2S. The van der Waals surface area contributed by atoms with E-state index in [4.69, 9.17) is 17.3 Å². The summed E-state index contributed by atoms with van der Waals surface area (Å²) < 4.78 is 27.2. The lowest BCUT2D eigenvalue weighted by Crippen LogP contribution is -2.16. The Balaban J connectivity index is 2.47. The quantitative estimate of drug-likeness (QED) is 0.853. The fraction of sp³-hybridized carbons (Fsp3) is 0.154. The summed E-state index contributed by atoms with van der Waals surface area (Å²) in [6.07, 6.45) is 1.52. The molecule has 0 aliphatic carbocycles. The number of hydrogen-bond donors (Lipinski definition) is 2. The number of benzene rings is 1. The third-order valence-electron chi connectivity index (χ3n) is 2.82. The third-order valence-corrected chi connectivity index (χ3v) is 4.63. The van der Waals surface area contributed by atoms with E-state index >= 15 is 0 Å². The van der Waals surface area contributed by atoms with Gasteiger partial charge in [0.1, 0.15) is 5.82 Å². The van der Waals surface area contributed by atoms with Crippen molar-refractivity contribution < 1.29 is 8.42 Å². The van der Waals surface area contributed by atoms with Crippen LogP contribution in [0, 0.1) is 13.8 Å². The molecule has 0 atom stereocenters. The monoisotopic (exact) mass is 311 g/mol. The molecule has 0 spiro atoms. The van der Waals surface area contributed by atoms with Crippen molar-refractivity contribution in [3.8, 4) is 0 Å². The van der Waals surface area contributed by atoms with E-state index in [1.165, 1.54) is 18.3 Å². The standard InChI is InChI=1S/C13H14ClN3O2S/c1-8-4-3-5-16-13(8)17-20(18,19)12-7-11(15)10(14)6-9(12)2/h3-7H,15H2,1-2H3,(H,16,17). The minimum atomic E-state index is -3.76. The van der Waals surface area contributed by atoms with E-state index in [1.807, 2.05) is 0 Å². The Morgan fingerprint density at radius 3 is 2.60 bits per heavy atom. The van der Waals surface area contributed by atoms with Gasteiger partial charge in [-0.2, -0.15) is 0 Å². The average molecular weight is 312 g/mol. The Hall–Kier alpha value is -1.79. The normalized spacial score (nSPS) is 11.3. The number of anilines is 2. The van der Waals surface area contributed by atoms with Gasteiger partial charge in [0.15, 0.2) is 0 Å². The molecule has 106 valence electrons. The SMILES string of the molecule is Cc1cc(Cl)c(N)cc1S(=O)(=O)Nc1ncccc1C. The first kappa shape index (κ1) is 14.6. The van der Waals surface area contributed by atoms with Crippen LogP contribution in [0.3, 0.4) is 0 Å². The van der Waals surface area contributed by atoms with Crippen LogP contribution < -0.4 is 10.5 Å². The molecule has 20 heavy (non-hydrogen) atoms. The third kappa shape index (κ3) is 2.86. The molecule has 0 bridgehead atoms. The maximum Gasteiger partial charge on any atom is 0.263 e. The van der Waals surface area contributed by atoms with Gasteiger partial charge in [0, 0.05) is 6.20 Å². The second-order valence-electron chi connectivity index (χ2n) is 4.41. The van der Waals surface area contributed by atoms with Crippen LogP contribution in [-0.4, -0.2) is 13.4 Å². The highest BCUT2D eigenvalue weighted by molar-refractivity contribution is 7.92. The molecule has 5 nitrogen and oxygen atoms in total. The van der Waals surface area contributed by atoms with Gasteiger partial charge in [0.2, 0.25) is 0 Å². The van der Waals surface area contributed by atoms with Crippen molar-refractivity contribution in [3.05, 3.63) is 46.6 Å². The largest absolute Gasteiger partial charge is 0.397 e. The highest BCUT2D eigenvalue weighted by atomic mass is 35.5. The molecule has 2 rings (SSSR count). The van der Waals surface area contributed by atoms with Gasteiger partial charge in [-0.1, -0.05) is 17.7 Å². The number of pyridine rings is 1. The van der Waals surface area contributed by atoms with E-state index in [2.05, 4.69) is 9.71 Å². The van der Waals surface area contributed by atoms with Crippen LogP contribution in [0.15, 0.2) is 35.4 Å². The lowest BCUT2D eigenvalue weighted by Gasteiger charge is -2.12. The zero-order valence-corrected chi connectivity index (χ0v) is 12.6. The van der Waals surface area contributed by atoms with Crippen molar-refractivity contribution in [3.63, 3.8) is 0 Å². The van der Waals surface area contributed by atoms with Crippen LogP contribution in [0.25, 0.3) is 0 Å². The smallest absolute Gasteiger partial charge is 0.263 e. The van der Waals surface area contributed by atoms with E-state index in [9.17, 15) is 8.42 Å². The number of hydrogen-bond acceptors (Lipinski definition) is 4. The van der Waals surface area contributed by atoms with Crippen molar-refractivity contribution in [1.82, 2.24) is 4.98 Å². The molecule has 0 saturated carbocycles. The number of nitrogens with zero attached hydrogens (tertiary/aromatic N) is 1. The summed E-state index contributed by atoms with van der Waals surface area (Å²) in [6.45, 7) is 3.43. The lowest BCUT2D eigenvalue weighted by atomic mass is 10.2. The summed E-state index contributed by atoms with van der Waals surface area (Å²) in [5, 5.41) is 0.329. The molecule has 1 aromatic heterocycles. The van der Waals surface area contributed by atoms with Gasteiger partial charge in [-0.05, 0) is 43.2 Å². The maximum absolute atomic E-state index is 12.4. The number of nitrogen functional groups attached to an aromatic ring is 1. The van der Waals surface area contributed by atoms with E-state index in [1.54, 1.807) is 26.0 Å². The van der Waals surface area contributed by atoms with E-state index in [0.29, 0.717) is 16.4 Å². The molecule has 0 saturated heterocycles. The number of aryl methyl sites for hydroxylation is 2. The summed E-state index contributed by atoms with van der Waals surface area (Å²) in [7, 11) is -3.76. The molecule has 0 amide bonds. The van der Waals surface area contributed by atoms with Gasteiger partial charge in [0.05, 0.1) is 15.6 Å². The van der Waals surface area contributed by atoms with Crippen LogP contribution in [0.5, 0.6) is 0 Å². The lowest BCUT2D eigenvalue weighted by molar-refractivity contribution is 0.600. The van der Waals surface area contributed by atoms with Crippen molar-refractivity contribution in [2.75, 3.05) is 10.5 Å². The molecule has 0 fully saturated rings. The van der Waals surface area contributed by atoms with Crippen LogP contribution in [0.4, 0.5) is 11.5 Å². The Labute approximate surface area is 122 Å². The fourth-order valence-corrected chi connectivity index (χ4v) is 3.29. The first-order valence-electron chi connectivity index (χ1n) is 5.81. The minimum Gasteiger partial charge on any atom is -0.397 e. The number of aromatic nitrogens is 1. The highest BCUT2D eigenvalue weighted by Gasteiger charge is 2.19. The Morgan fingerprint density at radius 2 is 1.95 bits per heavy atom. The zero-order chi connectivity index (χ0) is 14.9. The first-order chi connectivity index (χ1) is 9.31. The summed E-state index contributed by atoms with van der Waals surface area (Å²) in [5.74, 6) is 0.292. The van der Waals surface area contributed by atoms with Crippen LogP contribution >= 0.6 is 11.6 Å².